The summed E-state index contributed by atoms with van der Waals surface area (Å²) in [5, 5.41) is 0. The molecule has 0 aliphatic heterocycles. The van der Waals surface area contributed by atoms with E-state index >= 15 is 0 Å². The molecule has 0 fully saturated rings. The van der Waals surface area contributed by atoms with Gasteiger partial charge in [0.15, 0.2) is 0 Å². The van der Waals surface area contributed by atoms with Crippen LogP contribution in [0, 0.1) is 27.7 Å². The van der Waals surface area contributed by atoms with Crippen LogP contribution < -0.4 is 11.3 Å². The van der Waals surface area contributed by atoms with Crippen LogP contribution in [0.1, 0.15) is 38.0 Å². The Morgan fingerprint density at radius 1 is 1.00 bits per heavy atom. The smallest absolute Gasteiger partial charge is 0.0802 e. The zero-order chi connectivity index (χ0) is 13.3. The van der Waals surface area contributed by atoms with Crippen molar-refractivity contribution in [2.45, 2.75) is 33.7 Å². The molecular formula is C15H20N2S. The number of rotatable bonds is 3. The Kier molecular flexibility index (Phi) is 3.85. The topological polar surface area (TPSA) is 38.0 Å². The van der Waals surface area contributed by atoms with Crippen molar-refractivity contribution in [1.29, 1.82) is 0 Å². The lowest BCUT2D eigenvalue weighted by Crippen LogP contribution is -2.28. The van der Waals surface area contributed by atoms with Crippen LogP contribution in [0.25, 0.3) is 0 Å². The number of hydrogen-bond donors (Lipinski definition) is 2. The Bertz CT molecular complexity index is 538. The van der Waals surface area contributed by atoms with E-state index in [1.54, 1.807) is 0 Å². The maximum absolute atomic E-state index is 5.74. The van der Waals surface area contributed by atoms with E-state index in [0.29, 0.717) is 0 Å². The summed E-state index contributed by atoms with van der Waals surface area (Å²) in [4.78, 5) is 2.63. The monoisotopic (exact) mass is 260 g/mol. The predicted octanol–water partition coefficient (Wildman–Crippen LogP) is 3.53. The van der Waals surface area contributed by atoms with Gasteiger partial charge in [-0.25, -0.2) is 5.43 Å². The molecule has 0 saturated heterocycles. The van der Waals surface area contributed by atoms with Crippen LogP contribution >= 0.6 is 11.3 Å². The molecule has 0 aliphatic carbocycles. The largest absolute Gasteiger partial charge is 0.271 e. The second-order valence-electron chi connectivity index (χ2n) is 4.83. The Balaban J connectivity index is 2.41. The van der Waals surface area contributed by atoms with E-state index < -0.39 is 0 Å². The van der Waals surface area contributed by atoms with Gasteiger partial charge in [0.25, 0.3) is 0 Å². The van der Waals surface area contributed by atoms with Gasteiger partial charge in [0.2, 0.25) is 0 Å². The van der Waals surface area contributed by atoms with Crippen LogP contribution in [0.4, 0.5) is 0 Å². The van der Waals surface area contributed by atoms with E-state index in [0.717, 1.165) is 0 Å². The fourth-order valence-corrected chi connectivity index (χ4v) is 3.16. The standard InChI is InChI=1S/C15H20N2S/c1-9-5-6-13(7-10(9)2)15(17-16)14-8-11(3)12(4)18-14/h5-8,15,17H,16H2,1-4H3. The quantitative estimate of drug-likeness (QED) is 0.654. The Labute approximate surface area is 113 Å². The van der Waals surface area contributed by atoms with Gasteiger partial charge in [-0.3, -0.25) is 5.84 Å². The molecule has 1 aromatic heterocycles. The van der Waals surface area contributed by atoms with Crippen molar-refractivity contribution in [1.82, 2.24) is 5.43 Å². The minimum Gasteiger partial charge on any atom is -0.271 e. The van der Waals surface area contributed by atoms with Gasteiger partial charge in [-0.1, -0.05) is 18.2 Å². The molecule has 2 aromatic rings. The number of aryl methyl sites for hydroxylation is 4. The molecule has 2 rings (SSSR count). The summed E-state index contributed by atoms with van der Waals surface area (Å²) in [5.74, 6) is 5.74. The van der Waals surface area contributed by atoms with Crippen molar-refractivity contribution < 1.29 is 0 Å². The van der Waals surface area contributed by atoms with Crippen molar-refractivity contribution in [2.75, 3.05) is 0 Å². The average Bonchev–Trinajstić information content (AvgIpc) is 2.65. The van der Waals surface area contributed by atoms with Crippen LogP contribution in [0.5, 0.6) is 0 Å². The molecule has 0 bridgehead atoms. The van der Waals surface area contributed by atoms with E-state index in [2.05, 4.69) is 57.4 Å². The summed E-state index contributed by atoms with van der Waals surface area (Å²) in [7, 11) is 0. The van der Waals surface area contributed by atoms with Crippen LogP contribution in [-0.4, -0.2) is 0 Å². The lowest BCUT2D eigenvalue weighted by atomic mass is 10.00. The highest BCUT2D eigenvalue weighted by Crippen LogP contribution is 2.30. The van der Waals surface area contributed by atoms with Crippen LogP contribution in [0.3, 0.4) is 0 Å². The first kappa shape index (κ1) is 13.3. The minimum atomic E-state index is 0.0849. The average molecular weight is 260 g/mol. The lowest BCUT2D eigenvalue weighted by Gasteiger charge is -2.16. The molecule has 1 aromatic carbocycles. The van der Waals surface area contributed by atoms with Gasteiger partial charge >= 0.3 is 0 Å². The molecule has 0 aliphatic rings. The minimum absolute atomic E-state index is 0.0849. The lowest BCUT2D eigenvalue weighted by molar-refractivity contribution is 0.646. The summed E-state index contributed by atoms with van der Waals surface area (Å²) in [6.45, 7) is 8.56. The van der Waals surface area contributed by atoms with Crippen LogP contribution in [0.2, 0.25) is 0 Å². The van der Waals surface area contributed by atoms with Gasteiger partial charge in [0, 0.05) is 9.75 Å². The van der Waals surface area contributed by atoms with Crippen molar-refractivity contribution in [3.8, 4) is 0 Å². The summed E-state index contributed by atoms with van der Waals surface area (Å²) in [6.07, 6.45) is 0. The molecular weight excluding hydrogens is 240 g/mol. The van der Waals surface area contributed by atoms with Crippen LogP contribution in [0.15, 0.2) is 24.3 Å². The molecule has 3 heteroatoms. The second kappa shape index (κ2) is 5.22. The van der Waals surface area contributed by atoms with Gasteiger partial charge < -0.3 is 0 Å². The van der Waals surface area contributed by atoms with E-state index in [9.17, 15) is 0 Å². The highest BCUT2D eigenvalue weighted by Gasteiger charge is 2.16. The second-order valence-corrected chi connectivity index (χ2v) is 6.12. The summed E-state index contributed by atoms with van der Waals surface area (Å²) < 4.78 is 0. The maximum Gasteiger partial charge on any atom is 0.0802 e. The van der Waals surface area contributed by atoms with Gasteiger partial charge in [0.05, 0.1) is 6.04 Å². The van der Waals surface area contributed by atoms with Gasteiger partial charge in [0.1, 0.15) is 0 Å². The fourth-order valence-electron chi connectivity index (χ4n) is 2.03. The van der Waals surface area contributed by atoms with E-state index in [1.165, 1.54) is 32.0 Å². The first-order valence-electron chi connectivity index (χ1n) is 6.13. The molecule has 1 unspecified atom stereocenters. The third-order valence-electron chi connectivity index (χ3n) is 3.50. The first-order valence-corrected chi connectivity index (χ1v) is 6.94. The Morgan fingerprint density at radius 2 is 1.72 bits per heavy atom. The molecule has 0 radical (unpaired) electrons. The fraction of sp³-hybridized carbons (Fsp3) is 0.333. The number of hydrogen-bond acceptors (Lipinski definition) is 3. The van der Waals surface area contributed by atoms with Crippen molar-refractivity contribution in [2.24, 2.45) is 5.84 Å². The highest BCUT2D eigenvalue weighted by molar-refractivity contribution is 7.12. The molecule has 3 N–H and O–H groups in total. The van der Waals surface area contributed by atoms with E-state index in [-0.39, 0.29) is 6.04 Å². The number of benzene rings is 1. The van der Waals surface area contributed by atoms with Crippen molar-refractivity contribution >= 4 is 11.3 Å². The SMILES string of the molecule is Cc1ccc(C(NN)c2cc(C)c(C)s2)cc1C. The number of nitrogens with one attached hydrogen (secondary N) is 1. The molecule has 96 valence electrons. The zero-order valence-corrected chi connectivity index (χ0v) is 12.2. The number of nitrogens with two attached hydrogens (primary N) is 1. The number of thiophene rings is 1. The van der Waals surface area contributed by atoms with Gasteiger partial charge in [-0.2, -0.15) is 0 Å². The zero-order valence-electron chi connectivity index (χ0n) is 11.4. The third-order valence-corrected chi connectivity index (χ3v) is 4.72. The Morgan fingerprint density at radius 3 is 2.22 bits per heavy atom. The number of hydrazine groups is 1. The van der Waals surface area contributed by atoms with Crippen LogP contribution in [-0.2, 0) is 0 Å². The van der Waals surface area contributed by atoms with Gasteiger partial charge in [-0.15, -0.1) is 11.3 Å². The molecule has 0 spiro atoms. The normalized spacial score (nSPS) is 12.7. The third kappa shape index (κ3) is 2.48. The van der Waals surface area contributed by atoms with E-state index in [4.69, 9.17) is 5.84 Å². The van der Waals surface area contributed by atoms with Crippen molar-refractivity contribution in [3.05, 3.63) is 56.3 Å². The molecule has 2 nitrogen and oxygen atoms in total. The molecule has 1 atom stereocenters. The molecule has 0 amide bonds. The van der Waals surface area contributed by atoms with Gasteiger partial charge in [-0.05, 0) is 56.0 Å². The maximum atomic E-state index is 5.74. The van der Waals surface area contributed by atoms with Crippen molar-refractivity contribution in [3.63, 3.8) is 0 Å². The molecule has 0 saturated carbocycles. The predicted molar refractivity (Wildman–Crippen MR) is 78.9 cm³/mol. The summed E-state index contributed by atoms with van der Waals surface area (Å²) >= 11 is 1.81. The highest BCUT2D eigenvalue weighted by atomic mass is 32.1. The Hall–Kier alpha value is -1.16. The summed E-state index contributed by atoms with van der Waals surface area (Å²) in [6, 6.07) is 8.82. The first-order chi connectivity index (χ1) is 8.52. The molecule has 18 heavy (non-hydrogen) atoms. The molecule has 1 heterocycles. The summed E-state index contributed by atoms with van der Waals surface area (Å²) in [5.41, 5.74) is 8.11. The van der Waals surface area contributed by atoms with E-state index in [1.807, 2.05) is 11.3 Å².